The van der Waals surface area contributed by atoms with Crippen LogP contribution in [-0.2, 0) is 9.59 Å². The van der Waals surface area contributed by atoms with Gasteiger partial charge in [0.2, 0.25) is 0 Å². The first-order valence-corrected chi connectivity index (χ1v) is 10.6. The Morgan fingerprint density at radius 1 is 0.964 bits per heavy atom. The highest BCUT2D eigenvalue weighted by atomic mass is 79.9. The standard InChI is InChI=1S/C21H14BrClN2O3/c22-13-6-1-8(7-14(13)23)17(26)24-25-18(27)20-9-2-3-10-15(9)16-11(20)4-5-12(16)21(10,20)19(25)28/h1-7,9-12,15-16H,(H,24,26)/t9-,10+,11+,12-,15?,16?,20?,21?. The van der Waals surface area contributed by atoms with Crippen molar-refractivity contribution in [3.63, 3.8) is 0 Å². The molecule has 1 saturated heterocycles. The summed E-state index contributed by atoms with van der Waals surface area (Å²) >= 11 is 9.39. The predicted molar refractivity (Wildman–Crippen MR) is 103 cm³/mol. The van der Waals surface area contributed by atoms with E-state index in [1.807, 2.05) is 0 Å². The van der Waals surface area contributed by atoms with Gasteiger partial charge in [-0.1, -0.05) is 35.9 Å². The van der Waals surface area contributed by atoms with Crippen molar-refractivity contribution in [1.29, 1.82) is 0 Å². The molecular formula is C21H14BrClN2O3. The molecule has 0 aromatic heterocycles. The van der Waals surface area contributed by atoms with E-state index in [4.69, 9.17) is 11.6 Å². The molecule has 1 N–H and O–H groups in total. The monoisotopic (exact) mass is 456 g/mol. The van der Waals surface area contributed by atoms with E-state index in [0.717, 1.165) is 5.01 Å². The number of imide groups is 1. The van der Waals surface area contributed by atoms with Crippen LogP contribution in [0.5, 0.6) is 0 Å². The fraction of sp³-hybridized carbons (Fsp3) is 0.381. The summed E-state index contributed by atoms with van der Waals surface area (Å²) in [5.74, 6) is 0.328. The average molecular weight is 458 g/mol. The number of hydrogen-bond acceptors (Lipinski definition) is 3. The Morgan fingerprint density at radius 2 is 1.46 bits per heavy atom. The second-order valence-corrected chi connectivity index (χ2v) is 10.0. The highest BCUT2D eigenvalue weighted by molar-refractivity contribution is 9.10. The molecule has 4 unspecified atom stereocenters. The van der Waals surface area contributed by atoms with Crippen LogP contribution < -0.4 is 5.43 Å². The first kappa shape index (κ1) is 15.9. The summed E-state index contributed by atoms with van der Waals surface area (Å²) in [5, 5.41) is 1.42. The second kappa shape index (κ2) is 4.46. The van der Waals surface area contributed by atoms with Crippen LogP contribution in [0.2, 0.25) is 5.02 Å². The zero-order valence-electron chi connectivity index (χ0n) is 14.4. The summed E-state index contributed by atoms with van der Waals surface area (Å²) in [7, 11) is 0. The predicted octanol–water partition coefficient (Wildman–Crippen LogP) is 2.97. The van der Waals surface area contributed by atoms with Gasteiger partial charge in [0.15, 0.2) is 0 Å². The highest BCUT2D eigenvalue weighted by Gasteiger charge is 2.96. The van der Waals surface area contributed by atoms with Crippen molar-refractivity contribution in [2.45, 2.75) is 0 Å². The third-order valence-corrected chi connectivity index (χ3v) is 9.68. The maximum absolute atomic E-state index is 13.7. The molecule has 7 heteroatoms. The molecule has 1 aromatic rings. The second-order valence-electron chi connectivity index (χ2n) is 8.78. The summed E-state index contributed by atoms with van der Waals surface area (Å²) in [4.78, 5) is 40.1. The largest absolute Gasteiger partial charge is 0.272 e. The Labute approximate surface area is 173 Å². The molecule has 3 amide bonds. The van der Waals surface area contributed by atoms with E-state index in [2.05, 4.69) is 45.7 Å². The fourth-order valence-corrected chi connectivity index (χ4v) is 8.48. The first-order valence-electron chi connectivity index (χ1n) is 9.47. The lowest BCUT2D eigenvalue weighted by Crippen LogP contribution is -2.50. The Hall–Kier alpha value is -1.92. The average Bonchev–Trinajstić information content (AvgIpc) is 3.48. The number of carbonyl (C=O) groups excluding carboxylic acids is 3. The van der Waals surface area contributed by atoms with Gasteiger partial charge >= 0.3 is 0 Å². The third-order valence-electron chi connectivity index (χ3n) is 8.45. The van der Waals surface area contributed by atoms with Crippen LogP contribution in [0.4, 0.5) is 0 Å². The molecule has 1 heterocycles. The molecule has 4 saturated carbocycles. The minimum Gasteiger partial charge on any atom is -0.272 e. The van der Waals surface area contributed by atoms with Crippen molar-refractivity contribution in [2.24, 2.45) is 46.3 Å². The zero-order valence-corrected chi connectivity index (χ0v) is 16.8. The number of hydrazine groups is 1. The molecule has 0 radical (unpaired) electrons. The minimum absolute atomic E-state index is 0.120. The number of amides is 3. The van der Waals surface area contributed by atoms with E-state index in [0.29, 0.717) is 26.9 Å². The minimum atomic E-state index is -0.692. The molecule has 28 heavy (non-hydrogen) atoms. The van der Waals surface area contributed by atoms with Crippen LogP contribution in [-0.4, -0.2) is 22.7 Å². The number of benzene rings is 1. The van der Waals surface area contributed by atoms with E-state index in [9.17, 15) is 14.4 Å². The molecule has 140 valence electrons. The van der Waals surface area contributed by atoms with Crippen LogP contribution in [0, 0.1) is 46.3 Å². The summed E-state index contributed by atoms with van der Waals surface area (Å²) in [6.45, 7) is 0. The van der Waals surface area contributed by atoms with Crippen LogP contribution >= 0.6 is 27.5 Å². The van der Waals surface area contributed by atoms with Gasteiger partial charge < -0.3 is 0 Å². The Balaban J connectivity index is 1.31. The van der Waals surface area contributed by atoms with Crippen molar-refractivity contribution in [3.05, 3.63) is 57.6 Å². The van der Waals surface area contributed by atoms with Gasteiger partial charge in [-0.25, -0.2) is 0 Å². The van der Waals surface area contributed by atoms with Gasteiger partial charge in [0, 0.05) is 10.0 Å². The van der Waals surface area contributed by atoms with Crippen LogP contribution in [0.3, 0.4) is 0 Å². The van der Waals surface area contributed by atoms with Gasteiger partial charge in [-0.15, -0.1) is 0 Å². The van der Waals surface area contributed by atoms with Crippen molar-refractivity contribution in [3.8, 4) is 0 Å². The molecule has 5 nitrogen and oxygen atoms in total. The number of hydrogen-bond donors (Lipinski definition) is 1. The van der Waals surface area contributed by atoms with Crippen molar-refractivity contribution in [2.75, 3.05) is 0 Å². The summed E-state index contributed by atoms with van der Waals surface area (Å²) in [6.07, 6.45) is 8.61. The van der Waals surface area contributed by atoms with Crippen LogP contribution in [0.25, 0.3) is 0 Å². The van der Waals surface area contributed by atoms with E-state index in [1.165, 1.54) is 6.07 Å². The molecule has 2 spiro atoms. The number of nitrogens with zero attached hydrogens (tertiary/aromatic N) is 1. The number of rotatable bonds is 2. The Bertz CT molecular complexity index is 1030. The van der Waals surface area contributed by atoms with Crippen LogP contribution in [0.15, 0.2) is 47.0 Å². The van der Waals surface area contributed by atoms with Crippen molar-refractivity contribution in [1.82, 2.24) is 10.4 Å². The van der Waals surface area contributed by atoms with Gasteiger partial charge in [-0.2, -0.15) is 5.01 Å². The lowest BCUT2D eigenvalue weighted by Gasteiger charge is -2.43. The molecule has 5 fully saturated rings. The third kappa shape index (κ3) is 1.23. The van der Waals surface area contributed by atoms with Crippen molar-refractivity contribution < 1.29 is 14.4 Å². The van der Waals surface area contributed by atoms with Gasteiger partial charge in [0.25, 0.3) is 17.7 Å². The number of carbonyl (C=O) groups is 3. The molecular weight excluding hydrogens is 444 g/mol. The lowest BCUT2D eigenvalue weighted by atomic mass is 9.54. The molecule has 8 atom stereocenters. The van der Waals surface area contributed by atoms with Gasteiger partial charge in [0.05, 0.1) is 15.9 Å². The smallest absolute Gasteiger partial charge is 0.270 e. The Kier molecular flexibility index (Phi) is 2.54. The summed E-state index contributed by atoms with van der Waals surface area (Å²) < 4.78 is 0.675. The van der Waals surface area contributed by atoms with E-state index in [1.54, 1.807) is 12.1 Å². The molecule has 1 aliphatic heterocycles. The number of halogens is 2. The molecule has 1 aromatic carbocycles. The highest BCUT2D eigenvalue weighted by Crippen LogP contribution is 2.91. The Morgan fingerprint density at radius 3 is 1.93 bits per heavy atom. The normalized spacial score (nSPS) is 47.1. The fourth-order valence-electron chi connectivity index (χ4n) is 8.06. The summed E-state index contributed by atoms with van der Waals surface area (Å²) in [6, 6.07) is 4.80. The van der Waals surface area contributed by atoms with E-state index < -0.39 is 16.7 Å². The first-order chi connectivity index (χ1) is 13.5. The molecule has 6 aliphatic carbocycles. The van der Waals surface area contributed by atoms with Crippen molar-refractivity contribution >= 4 is 45.3 Å². The van der Waals surface area contributed by atoms with Gasteiger partial charge in [-0.3, -0.25) is 19.8 Å². The quantitative estimate of drug-likeness (QED) is 0.548. The SMILES string of the molecule is O=C(NN1C(=O)C23[C@@H]4C=C[C@H]5C4C4[C@@H](C=C[C@@H]42)C53C1=O)c1ccc(Br)c(Cl)c1. The summed E-state index contributed by atoms with van der Waals surface area (Å²) in [5.41, 5.74) is 1.52. The molecule has 8 bridgehead atoms. The zero-order chi connectivity index (χ0) is 19.2. The number of allylic oxidation sites excluding steroid dienone is 4. The maximum atomic E-state index is 13.7. The molecule has 8 rings (SSSR count). The topological polar surface area (TPSA) is 66.5 Å². The van der Waals surface area contributed by atoms with E-state index >= 15 is 0 Å². The van der Waals surface area contributed by atoms with Gasteiger partial charge in [-0.05, 0) is 69.6 Å². The van der Waals surface area contributed by atoms with Crippen LogP contribution in [0.1, 0.15) is 10.4 Å². The molecule has 7 aliphatic rings. The lowest BCUT2D eigenvalue weighted by molar-refractivity contribution is -0.146. The number of nitrogens with one attached hydrogen (secondary N) is 1. The van der Waals surface area contributed by atoms with Gasteiger partial charge in [0.1, 0.15) is 0 Å². The maximum Gasteiger partial charge on any atom is 0.270 e. The van der Waals surface area contributed by atoms with E-state index in [-0.39, 0.29) is 35.5 Å².